The number of hydrogen-bond donors (Lipinski definition) is 2. The van der Waals surface area contributed by atoms with Gasteiger partial charge in [-0.3, -0.25) is 4.79 Å². The topological polar surface area (TPSA) is 58.6 Å². The SMILES string of the molecule is Cc1ccc(NC(=O)Cc2nc(C[NH2+][C@H](C)c3ccccc3)cs2)cc1. The summed E-state index contributed by atoms with van der Waals surface area (Å²) < 4.78 is 0. The van der Waals surface area contributed by atoms with Gasteiger partial charge >= 0.3 is 0 Å². The fourth-order valence-electron chi connectivity index (χ4n) is 2.69. The van der Waals surface area contributed by atoms with Crippen LogP contribution < -0.4 is 10.6 Å². The lowest BCUT2D eigenvalue weighted by Gasteiger charge is -2.09. The smallest absolute Gasteiger partial charge is 0.231 e. The van der Waals surface area contributed by atoms with Crippen molar-refractivity contribution in [3.63, 3.8) is 0 Å². The summed E-state index contributed by atoms with van der Waals surface area (Å²) in [5, 5.41) is 8.08. The number of thiazole rings is 1. The Morgan fingerprint density at radius 3 is 2.62 bits per heavy atom. The second-order valence-electron chi connectivity index (χ2n) is 6.46. The molecule has 0 bridgehead atoms. The molecule has 3 aromatic rings. The standard InChI is InChI=1S/C21H23N3OS/c1-15-8-10-18(11-9-15)23-20(25)12-21-24-19(14-26-21)13-22-16(2)17-6-4-3-5-7-17/h3-11,14,16,22H,12-13H2,1-2H3,(H,23,25)/p+1/t16-/m1/s1. The molecular weight excluding hydrogens is 342 g/mol. The van der Waals surface area contributed by atoms with E-state index >= 15 is 0 Å². The van der Waals surface area contributed by atoms with Crippen molar-refractivity contribution >= 4 is 22.9 Å². The molecule has 0 fully saturated rings. The average Bonchev–Trinajstić information content (AvgIpc) is 3.09. The van der Waals surface area contributed by atoms with Crippen LogP contribution in [0.4, 0.5) is 5.69 Å². The maximum atomic E-state index is 12.2. The number of quaternary nitrogens is 1. The van der Waals surface area contributed by atoms with E-state index < -0.39 is 0 Å². The number of aromatic nitrogens is 1. The van der Waals surface area contributed by atoms with Crippen molar-refractivity contribution in [3.05, 3.63) is 81.8 Å². The van der Waals surface area contributed by atoms with Crippen LogP contribution in [0.2, 0.25) is 0 Å². The van der Waals surface area contributed by atoms with Crippen LogP contribution in [-0.4, -0.2) is 10.9 Å². The molecule has 0 saturated carbocycles. The van der Waals surface area contributed by atoms with Crippen LogP contribution in [0.15, 0.2) is 60.0 Å². The van der Waals surface area contributed by atoms with Gasteiger partial charge in [-0.2, -0.15) is 0 Å². The van der Waals surface area contributed by atoms with E-state index in [9.17, 15) is 4.79 Å². The van der Waals surface area contributed by atoms with E-state index in [2.05, 4.69) is 46.8 Å². The molecule has 0 aliphatic rings. The third kappa shape index (κ3) is 5.25. The van der Waals surface area contributed by atoms with Gasteiger partial charge in [0, 0.05) is 16.6 Å². The number of benzene rings is 2. The summed E-state index contributed by atoms with van der Waals surface area (Å²) in [5.74, 6) is -0.0311. The average molecular weight is 367 g/mol. The number of rotatable bonds is 7. The van der Waals surface area contributed by atoms with Gasteiger partial charge in [0.2, 0.25) is 5.91 Å². The van der Waals surface area contributed by atoms with Gasteiger partial charge in [-0.05, 0) is 26.0 Å². The highest BCUT2D eigenvalue weighted by molar-refractivity contribution is 7.09. The van der Waals surface area contributed by atoms with Gasteiger partial charge in [-0.1, -0.05) is 48.0 Å². The largest absolute Gasteiger partial charge is 0.335 e. The van der Waals surface area contributed by atoms with Crippen LogP contribution in [0.25, 0.3) is 0 Å². The zero-order valence-corrected chi connectivity index (χ0v) is 15.9. The molecule has 0 radical (unpaired) electrons. The van der Waals surface area contributed by atoms with Crippen molar-refractivity contribution < 1.29 is 10.1 Å². The summed E-state index contributed by atoms with van der Waals surface area (Å²) in [5.41, 5.74) is 4.33. The minimum Gasteiger partial charge on any atom is -0.335 e. The highest BCUT2D eigenvalue weighted by Gasteiger charge is 2.12. The number of nitrogens with two attached hydrogens (primary N) is 1. The molecule has 26 heavy (non-hydrogen) atoms. The summed E-state index contributed by atoms with van der Waals surface area (Å²) in [6.45, 7) is 5.03. The summed E-state index contributed by atoms with van der Waals surface area (Å²) in [7, 11) is 0. The Bertz CT molecular complexity index is 843. The molecule has 1 atom stereocenters. The Kier molecular flexibility index (Phi) is 6.15. The zero-order valence-electron chi connectivity index (χ0n) is 15.1. The van der Waals surface area contributed by atoms with Gasteiger partial charge in [0.05, 0.1) is 6.42 Å². The fraction of sp³-hybridized carbons (Fsp3) is 0.238. The normalized spacial score (nSPS) is 11.9. The van der Waals surface area contributed by atoms with Gasteiger partial charge < -0.3 is 10.6 Å². The summed E-state index contributed by atoms with van der Waals surface area (Å²) in [6.07, 6.45) is 0.312. The first kappa shape index (κ1) is 18.3. The Morgan fingerprint density at radius 2 is 1.88 bits per heavy atom. The number of carbonyl (C=O) groups is 1. The number of carbonyl (C=O) groups excluding carboxylic acids is 1. The molecule has 3 rings (SSSR count). The van der Waals surface area contributed by atoms with E-state index in [1.807, 2.05) is 42.6 Å². The zero-order chi connectivity index (χ0) is 18.4. The summed E-state index contributed by atoms with van der Waals surface area (Å²) in [6, 6.07) is 18.6. The lowest BCUT2D eigenvalue weighted by Crippen LogP contribution is -2.83. The Labute approximate surface area is 158 Å². The first-order valence-electron chi connectivity index (χ1n) is 8.78. The Balaban J connectivity index is 1.49. The number of aryl methyl sites for hydroxylation is 1. The second-order valence-corrected chi connectivity index (χ2v) is 7.41. The monoisotopic (exact) mass is 366 g/mol. The van der Waals surface area contributed by atoms with E-state index in [0.29, 0.717) is 12.5 Å². The van der Waals surface area contributed by atoms with Crippen LogP contribution in [0.5, 0.6) is 0 Å². The van der Waals surface area contributed by atoms with Crippen molar-refractivity contribution in [2.75, 3.05) is 5.32 Å². The molecular formula is C21H24N3OS+. The van der Waals surface area contributed by atoms with Crippen molar-refractivity contribution in [1.82, 2.24) is 4.98 Å². The van der Waals surface area contributed by atoms with Gasteiger partial charge in [0.15, 0.2) is 0 Å². The number of nitrogens with zero attached hydrogens (tertiary/aromatic N) is 1. The first-order valence-corrected chi connectivity index (χ1v) is 9.66. The molecule has 0 spiro atoms. The van der Waals surface area contributed by atoms with E-state index in [0.717, 1.165) is 22.9 Å². The third-order valence-electron chi connectivity index (χ3n) is 4.25. The molecule has 0 aliphatic heterocycles. The molecule has 2 aromatic carbocycles. The minimum absolute atomic E-state index is 0.0311. The van der Waals surface area contributed by atoms with Crippen molar-refractivity contribution in [2.24, 2.45) is 0 Å². The highest BCUT2D eigenvalue weighted by atomic mass is 32.1. The van der Waals surface area contributed by atoms with Gasteiger partial charge in [0.25, 0.3) is 0 Å². The third-order valence-corrected chi connectivity index (χ3v) is 5.15. The molecule has 0 unspecified atom stereocenters. The van der Waals surface area contributed by atoms with Crippen LogP contribution in [0.1, 0.15) is 34.8 Å². The minimum atomic E-state index is -0.0311. The quantitative estimate of drug-likeness (QED) is 0.673. The number of nitrogens with one attached hydrogen (secondary N) is 1. The van der Waals surface area contributed by atoms with Gasteiger partial charge in [0.1, 0.15) is 23.3 Å². The van der Waals surface area contributed by atoms with E-state index in [1.165, 1.54) is 11.1 Å². The van der Waals surface area contributed by atoms with E-state index in [1.54, 1.807) is 11.3 Å². The van der Waals surface area contributed by atoms with Gasteiger partial charge in [-0.15, -0.1) is 11.3 Å². The maximum Gasteiger partial charge on any atom is 0.231 e. The summed E-state index contributed by atoms with van der Waals surface area (Å²) in [4.78, 5) is 16.8. The van der Waals surface area contributed by atoms with Crippen LogP contribution >= 0.6 is 11.3 Å². The second kappa shape index (κ2) is 8.74. The molecule has 134 valence electrons. The molecule has 3 N–H and O–H groups in total. The predicted molar refractivity (Wildman–Crippen MR) is 106 cm³/mol. The van der Waals surface area contributed by atoms with E-state index in [-0.39, 0.29) is 5.91 Å². The molecule has 0 saturated heterocycles. The highest BCUT2D eigenvalue weighted by Crippen LogP contribution is 2.13. The number of anilines is 1. The van der Waals surface area contributed by atoms with Crippen LogP contribution in [0, 0.1) is 6.92 Å². The summed E-state index contributed by atoms with van der Waals surface area (Å²) >= 11 is 1.55. The predicted octanol–water partition coefficient (Wildman–Crippen LogP) is 3.46. The molecule has 1 amide bonds. The first-order chi connectivity index (χ1) is 12.6. The van der Waals surface area contributed by atoms with E-state index in [4.69, 9.17) is 0 Å². The molecule has 1 heterocycles. The lowest BCUT2D eigenvalue weighted by molar-refractivity contribution is -0.708. The van der Waals surface area contributed by atoms with Gasteiger partial charge in [-0.25, -0.2) is 4.98 Å². The number of hydrogen-bond acceptors (Lipinski definition) is 3. The molecule has 0 aliphatic carbocycles. The Morgan fingerprint density at radius 1 is 1.15 bits per heavy atom. The van der Waals surface area contributed by atoms with Crippen LogP contribution in [0.3, 0.4) is 0 Å². The van der Waals surface area contributed by atoms with Crippen LogP contribution in [-0.2, 0) is 17.8 Å². The van der Waals surface area contributed by atoms with Crippen molar-refractivity contribution in [1.29, 1.82) is 0 Å². The lowest BCUT2D eigenvalue weighted by atomic mass is 10.1. The Hall–Kier alpha value is -2.50. The fourth-order valence-corrected chi connectivity index (χ4v) is 3.50. The van der Waals surface area contributed by atoms with Crippen molar-refractivity contribution in [3.8, 4) is 0 Å². The maximum absolute atomic E-state index is 12.2. The molecule has 5 heteroatoms. The molecule has 1 aromatic heterocycles. The molecule has 4 nitrogen and oxygen atoms in total. The van der Waals surface area contributed by atoms with Crippen molar-refractivity contribution in [2.45, 2.75) is 32.9 Å². The number of amides is 1.